The van der Waals surface area contributed by atoms with Gasteiger partial charge in [0.2, 0.25) is 0 Å². The summed E-state index contributed by atoms with van der Waals surface area (Å²) in [4.78, 5) is 0. The first kappa shape index (κ1) is 17.3. The molecule has 0 aliphatic rings. The predicted molar refractivity (Wildman–Crippen MR) is 113 cm³/mol. The first-order valence-electron chi connectivity index (χ1n) is 9.07. The van der Waals surface area contributed by atoms with Crippen LogP contribution in [0.5, 0.6) is 0 Å². The maximum atomic E-state index is 5.47. The van der Waals surface area contributed by atoms with Crippen molar-refractivity contribution in [2.24, 2.45) is 0 Å². The van der Waals surface area contributed by atoms with Crippen LogP contribution in [-0.4, -0.2) is 7.11 Å². The number of benzene rings is 4. The van der Waals surface area contributed by atoms with E-state index in [1.807, 2.05) is 24.8 Å². The third-order valence-corrected chi connectivity index (χ3v) is 4.69. The molecule has 0 saturated heterocycles. The minimum absolute atomic E-state index is 1.09. The van der Waals surface area contributed by atoms with Crippen molar-refractivity contribution in [3.05, 3.63) is 115 Å². The Morgan fingerprint density at radius 2 is 0.926 bits per heavy atom. The molecule has 0 bridgehead atoms. The first-order valence-corrected chi connectivity index (χ1v) is 9.07. The lowest BCUT2D eigenvalue weighted by Crippen LogP contribution is -1.96. The maximum Gasteiger partial charge on any atom is 0.114 e. The number of ether oxygens (including phenoxy) is 1. The summed E-state index contributed by atoms with van der Waals surface area (Å²) in [6, 6.07) is 36.0. The van der Waals surface area contributed by atoms with Crippen molar-refractivity contribution in [1.82, 2.24) is 0 Å². The fourth-order valence-corrected chi connectivity index (χ4v) is 3.41. The molecule has 131 valence electrons. The Bertz CT molecular complexity index is 945. The summed E-state index contributed by atoms with van der Waals surface area (Å²) in [5.74, 6) is 0. The Labute approximate surface area is 160 Å². The molecule has 0 fully saturated rings. The molecule has 1 radical (unpaired) electrons. The van der Waals surface area contributed by atoms with Crippen molar-refractivity contribution in [1.29, 1.82) is 0 Å². The normalized spacial score (nSPS) is 10.7. The van der Waals surface area contributed by atoms with Crippen LogP contribution in [0.25, 0.3) is 33.4 Å². The smallest absolute Gasteiger partial charge is 0.114 e. The number of methoxy groups -OCH3 is 1. The molecular weight excluding hydrogens is 328 g/mol. The van der Waals surface area contributed by atoms with Gasteiger partial charge in [0, 0.05) is 7.11 Å². The third-order valence-electron chi connectivity index (χ3n) is 4.69. The van der Waals surface area contributed by atoms with Gasteiger partial charge in [0.1, 0.15) is 6.61 Å². The van der Waals surface area contributed by atoms with Crippen LogP contribution < -0.4 is 0 Å². The summed E-state index contributed by atoms with van der Waals surface area (Å²) < 4.78 is 5.47. The van der Waals surface area contributed by atoms with E-state index in [-0.39, 0.29) is 0 Å². The van der Waals surface area contributed by atoms with Crippen molar-refractivity contribution < 1.29 is 4.74 Å². The second-order valence-electron chi connectivity index (χ2n) is 6.44. The van der Waals surface area contributed by atoms with E-state index in [1.54, 1.807) is 7.11 Å². The van der Waals surface area contributed by atoms with Crippen molar-refractivity contribution in [2.75, 3.05) is 7.11 Å². The summed E-state index contributed by atoms with van der Waals surface area (Å²) in [7, 11) is 1.70. The molecule has 1 nitrogen and oxygen atoms in total. The van der Waals surface area contributed by atoms with Gasteiger partial charge in [0.15, 0.2) is 0 Å². The highest BCUT2D eigenvalue weighted by molar-refractivity contribution is 5.86. The van der Waals surface area contributed by atoms with Gasteiger partial charge in [-0.15, -0.1) is 0 Å². The van der Waals surface area contributed by atoms with E-state index in [4.69, 9.17) is 4.74 Å². The fourth-order valence-electron chi connectivity index (χ4n) is 3.41. The Kier molecular flexibility index (Phi) is 5.13. The molecule has 1 heteroatoms. The molecule has 0 aliphatic heterocycles. The third kappa shape index (κ3) is 3.69. The zero-order valence-electron chi connectivity index (χ0n) is 15.3. The fraction of sp³-hybridized carbons (Fsp3) is 0.0385. The van der Waals surface area contributed by atoms with Crippen LogP contribution in [0, 0.1) is 6.61 Å². The average molecular weight is 349 g/mol. The Morgan fingerprint density at radius 3 is 1.33 bits per heavy atom. The van der Waals surface area contributed by atoms with Crippen LogP contribution >= 0.6 is 0 Å². The van der Waals surface area contributed by atoms with E-state index in [2.05, 4.69) is 84.9 Å². The van der Waals surface area contributed by atoms with Gasteiger partial charge in [-0.3, -0.25) is 0 Å². The number of hydrogen-bond donors (Lipinski definition) is 0. The topological polar surface area (TPSA) is 9.23 Å². The predicted octanol–water partition coefficient (Wildman–Crippen LogP) is 6.84. The van der Waals surface area contributed by atoms with Crippen molar-refractivity contribution in [2.45, 2.75) is 0 Å². The van der Waals surface area contributed by atoms with Gasteiger partial charge >= 0.3 is 0 Å². The minimum atomic E-state index is 1.09. The molecule has 0 aromatic heterocycles. The molecule has 27 heavy (non-hydrogen) atoms. The highest BCUT2D eigenvalue weighted by atomic mass is 16.5. The molecule has 0 N–H and O–H groups in total. The van der Waals surface area contributed by atoms with E-state index >= 15 is 0 Å². The van der Waals surface area contributed by atoms with E-state index < -0.39 is 0 Å². The van der Waals surface area contributed by atoms with E-state index in [9.17, 15) is 0 Å². The van der Waals surface area contributed by atoms with Gasteiger partial charge in [-0.25, -0.2) is 0 Å². The van der Waals surface area contributed by atoms with Gasteiger partial charge in [-0.05, 0) is 51.1 Å². The summed E-state index contributed by atoms with van der Waals surface area (Å²) >= 11 is 0. The maximum absolute atomic E-state index is 5.47. The van der Waals surface area contributed by atoms with Gasteiger partial charge in [0.25, 0.3) is 0 Å². The van der Waals surface area contributed by atoms with Crippen LogP contribution in [0.3, 0.4) is 0 Å². The lowest BCUT2D eigenvalue weighted by molar-refractivity contribution is 0.293. The zero-order valence-corrected chi connectivity index (χ0v) is 15.3. The molecular formula is C26H21O. The van der Waals surface area contributed by atoms with E-state index in [0.717, 1.165) is 16.7 Å². The Morgan fingerprint density at radius 1 is 0.519 bits per heavy atom. The Hall–Kier alpha value is -3.16. The van der Waals surface area contributed by atoms with Crippen LogP contribution in [0.15, 0.2) is 103 Å². The first-order chi connectivity index (χ1) is 13.4. The Balaban J connectivity index is 2.01. The monoisotopic (exact) mass is 349 g/mol. The summed E-state index contributed by atoms with van der Waals surface area (Å²) in [6.07, 6.45) is 0. The molecule has 4 aromatic rings. The van der Waals surface area contributed by atoms with Crippen molar-refractivity contribution in [3.63, 3.8) is 0 Å². The van der Waals surface area contributed by atoms with Crippen LogP contribution in [0.1, 0.15) is 5.56 Å². The molecule has 0 aliphatic carbocycles. The highest BCUT2D eigenvalue weighted by Gasteiger charge is 2.15. The molecule has 0 atom stereocenters. The molecule has 4 rings (SSSR count). The van der Waals surface area contributed by atoms with Gasteiger partial charge < -0.3 is 4.74 Å². The highest BCUT2D eigenvalue weighted by Crippen LogP contribution is 2.38. The molecule has 4 aromatic carbocycles. The summed E-state index contributed by atoms with van der Waals surface area (Å²) in [5.41, 5.74) is 8.17. The SMILES string of the molecule is CO[CH]c1c(-c2ccccc2)cc(-c2ccccc2)cc1-c1ccccc1. The van der Waals surface area contributed by atoms with Crippen LogP contribution in [0.4, 0.5) is 0 Å². The second-order valence-corrected chi connectivity index (χ2v) is 6.44. The quantitative estimate of drug-likeness (QED) is 0.383. The summed E-state index contributed by atoms with van der Waals surface area (Å²) in [5, 5.41) is 0. The summed E-state index contributed by atoms with van der Waals surface area (Å²) in [6.45, 7) is 1.85. The van der Waals surface area contributed by atoms with E-state index in [1.165, 1.54) is 22.3 Å². The van der Waals surface area contributed by atoms with E-state index in [0.29, 0.717) is 0 Å². The molecule has 0 spiro atoms. The van der Waals surface area contributed by atoms with Gasteiger partial charge in [-0.1, -0.05) is 91.0 Å². The molecule has 0 saturated carbocycles. The number of rotatable bonds is 5. The van der Waals surface area contributed by atoms with Crippen LogP contribution in [0.2, 0.25) is 0 Å². The zero-order chi connectivity index (χ0) is 18.5. The molecule has 0 heterocycles. The lowest BCUT2D eigenvalue weighted by Gasteiger charge is -2.17. The lowest BCUT2D eigenvalue weighted by atomic mass is 9.88. The van der Waals surface area contributed by atoms with Gasteiger partial charge in [-0.2, -0.15) is 0 Å². The molecule has 0 unspecified atom stereocenters. The largest absolute Gasteiger partial charge is 0.374 e. The van der Waals surface area contributed by atoms with Gasteiger partial charge in [0.05, 0.1) is 0 Å². The molecule has 0 amide bonds. The van der Waals surface area contributed by atoms with Crippen molar-refractivity contribution >= 4 is 0 Å². The number of hydrogen-bond acceptors (Lipinski definition) is 1. The standard InChI is InChI=1S/C26H21O/c1-27-19-26-24(21-13-7-3-8-14-21)17-23(20-11-5-2-6-12-20)18-25(26)22-15-9-4-10-16-22/h2-19H,1H3. The minimum Gasteiger partial charge on any atom is -0.374 e. The second kappa shape index (κ2) is 8.03. The van der Waals surface area contributed by atoms with Crippen molar-refractivity contribution in [3.8, 4) is 33.4 Å². The average Bonchev–Trinajstić information content (AvgIpc) is 2.76. The van der Waals surface area contributed by atoms with Crippen LogP contribution in [-0.2, 0) is 4.74 Å².